The van der Waals surface area contributed by atoms with Gasteiger partial charge in [0.25, 0.3) is 5.56 Å². The summed E-state index contributed by atoms with van der Waals surface area (Å²) in [6.45, 7) is 0.292. The first kappa shape index (κ1) is 17.9. The molecule has 0 aliphatic rings. The number of thiophene rings is 1. The fourth-order valence-electron chi connectivity index (χ4n) is 2.66. The number of nitrogens with zero attached hydrogens (tertiary/aromatic N) is 1. The molecule has 0 atom stereocenters. The van der Waals surface area contributed by atoms with Gasteiger partial charge in [-0.1, -0.05) is 36.4 Å². The van der Waals surface area contributed by atoms with Gasteiger partial charge in [0.15, 0.2) is 0 Å². The number of ether oxygens (including phenoxy) is 2. The van der Waals surface area contributed by atoms with Crippen LogP contribution in [0, 0.1) is 0 Å². The van der Waals surface area contributed by atoms with E-state index in [1.165, 1.54) is 11.3 Å². The standard InChI is InChI=1S/C21H16N2O4S/c24-20-19-17(9-10-28-19)22-18(23-20)13-27-21(25)15-7-4-8-16(11-15)26-12-14-5-2-1-3-6-14/h1-11H,12-13H2,(H,22,23,24). The Morgan fingerprint density at radius 1 is 1.04 bits per heavy atom. The molecule has 4 aromatic rings. The van der Waals surface area contributed by atoms with Crippen LogP contribution in [0.15, 0.2) is 70.8 Å². The highest BCUT2D eigenvalue weighted by atomic mass is 32.1. The van der Waals surface area contributed by atoms with Crippen molar-refractivity contribution in [3.63, 3.8) is 0 Å². The Balaban J connectivity index is 1.40. The molecule has 0 saturated heterocycles. The Kier molecular flexibility index (Phi) is 5.16. The lowest BCUT2D eigenvalue weighted by Crippen LogP contribution is -2.13. The van der Waals surface area contributed by atoms with Crippen LogP contribution in [-0.4, -0.2) is 15.9 Å². The molecule has 28 heavy (non-hydrogen) atoms. The number of aromatic nitrogens is 2. The Morgan fingerprint density at radius 2 is 1.89 bits per heavy atom. The Morgan fingerprint density at radius 3 is 2.75 bits per heavy atom. The normalized spacial score (nSPS) is 10.7. The van der Waals surface area contributed by atoms with Crippen molar-refractivity contribution in [1.82, 2.24) is 9.97 Å². The molecule has 4 rings (SSSR count). The lowest BCUT2D eigenvalue weighted by molar-refractivity contribution is 0.0462. The van der Waals surface area contributed by atoms with E-state index in [9.17, 15) is 9.59 Å². The quantitative estimate of drug-likeness (QED) is 0.503. The van der Waals surface area contributed by atoms with Gasteiger partial charge in [-0.2, -0.15) is 0 Å². The van der Waals surface area contributed by atoms with Gasteiger partial charge < -0.3 is 14.5 Å². The molecule has 0 saturated carbocycles. The number of hydrogen-bond donors (Lipinski definition) is 1. The maximum Gasteiger partial charge on any atom is 0.338 e. The van der Waals surface area contributed by atoms with Crippen molar-refractivity contribution < 1.29 is 14.3 Å². The molecule has 0 aliphatic heterocycles. The van der Waals surface area contributed by atoms with Crippen LogP contribution in [0.5, 0.6) is 5.75 Å². The van der Waals surface area contributed by atoms with Gasteiger partial charge in [-0.25, -0.2) is 9.78 Å². The molecule has 0 unspecified atom stereocenters. The van der Waals surface area contributed by atoms with E-state index in [-0.39, 0.29) is 12.2 Å². The highest BCUT2D eigenvalue weighted by molar-refractivity contribution is 7.17. The van der Waals surface area contributed by atoms with E-state index in [1.54, 1.807) is 35.7 Å². The summed E-state index contributed by atoms with van der Waals surface area (Å²) in [6, 6.07) is 18.3. The number of aromatic amines is 1. The largest absolute Gasteiger partial charge is 0.489 e. The third-order valence-electron chi connectivity index (χ3n) is 4.02. The van der Waals surface area contributed by atoms with Crippen molar-refractivity contribution in [2.24, 2.45) is 0 Å². The maximum atomic E-state index is 12.3. The predicted octanol–water partition coefficient (Wildman–Crippen LogP) is 3.92. The molecule has 2 aromatic carbocycles. The lowest BCUT2D eigenvalue weighted by atomic mass is 10.2. The van der Waals surface area contributed by atoms with Crippen molar-refractivity contribution >= 4 is 27.5 Å². The fraction of sp³-hybridized carbons (Fsp3) is 0.0952. The Hall–Kier alpha value is -3.45. The zero-order chi connectivity index (χ0) is 19.3. The zero-order valence-corrected chi connectivity index (χ0v) is 15.6. The van der Waals surface area contributed by atoms with E-state index in [0.29, 0.717) is 34.0 Å². The molecule has 7 heteroatoms. The average Bonchev–Trinajstić information content (AvgIpc) is 3.21. The number of fused-ring (bicyclic) bond motifs is 1. The zero-order valence-electron chi connectivity index (χ0n) is 14.8. The van der Waals surface area contributed by atoms with Crippen LogP contribution in [-0.2, 0) is 18.0 Å². The first-order valence-corrected chi connectivity index (χ1v) is 9.47. The second kappa shape index (κ2) is 8.06. The molecule has 0 amide bonds. The van der Waals surface area contributed by atoms with Gasteiger partial charge in [-0.3, -0.25) is 4.79 Å². The molecule has 0 radical (unpaired) electrons. The minimum Gasteiger partial charge on any atom is -0.489 e. The highest BCUT2D eigenvalue weighted by Gasteiger charge is 2.11. The van der Waals surface area contributed by atoms with Crippen molar-refractivity contribution in [1.29, 1.82) is 0 Å². The number of H-pyrrole nitrogens is 1. The van der Waals surface area contributed by atoms with Gasteiger partial charge in [-0.15, -0.1) is 11.3 Å². The molecular formula is C21H16N2O4S. The van der Waals surface area contributed by atoms with Crippen LogP contribution < -0.4 is 10.3 Å². The van der Waals surface area contributed by atoms with Gasteiger partial charge in [0.2, 0.25) is 0 Å². The van der Waals surface area contributed by atoms with E-state index in [0.717, 1.165) is 5.56 Å². The third kappa shape index (κ3) is 4.10. The minimum atomic E-state index is -0.516. The summed E-state index contributed by atoms with van der Waals surface area (Å²) in [6.07, 6.45) is 0. The van der Waals surface area contributed by atoms with E-state index < -0.39 is 5.97 Å². The van der Waals surface area contributed by atoms with Gasteiger partial charge >= 0.3 is 5.97 Å². The topological polar surface area (TPSA) is 81.3 Å². The molecule has 0 bridgehead atoms. The minimum absolute atomic E-state index is 0.116. The van der Waals surface area contributed by atoms with Crippen molar-refractivity contribution in [2.45, 2.75) is 13.2 Å². The van der Waals surface area contributed by atoms with Crippen molar-refractivity contribution in [3.8, 4) is 5.75 Å². The number of benzene rings is 2. The van der Waals surface area contributed by atoms with Crippen LogP contribution in [0.4, 0.5) is 0 Å². The number of carbonyl (C=O) groups is 1. The molecule has 0 spiro atoms. The highest BCUT2D eigenvalue weighted by Crippen LogP contribution is 2.17. The first-order valence-electron chi connectivity index (χ1n) is 8.59. The van der Waals surface area contributed by atoms with Gasteiger partial charge in [0, 0.05) is 0 Å². The summed E-state index contributed by atoms with van der Waals surface area (Å²) in [7, 11) is 0. The average molecular weight is 392 g/mol. The molecular weight excluding hydrogens is 376 g/mol. The van der Waals surface area contributed by atoms with E-state index >= 15 is 0 Å². The molecule has 140 valence electrons. The maximum absolute atomic E-state index is 12.3. The Labute approximate surface area is 164 Å². The molecule has 0 aliphatic carbocycles. The van der Waals surface area contributed by atoms with E-state index in [4.69, 9.17) is 9.47 Å². The summed E-state index contributed by atoms with van der Waals surface area (Å²) in [5.74, 6) is 0.364. The van der Waals surface area contributed by atoms with Gasteiger partial charge in [-0.05, 0) is 35.2 Å². The Bertz CT molecular complexity index is 1170. The van der Waals surface area contributed by atoms with Gasteiger partial charge in [0.1, 0.15) is 29.5 Å². The number of esters is 1. The monoisotopic (exact) mass is 392 g/mol. The molecule has 1 N–H and O–H groups in total. The van der Waals surface area contributed by atoms with Crippen LogP contribution in [0.2, 0.25) is 0 Å². The fourth-order valence-corrected chi connectivity index (χ4v) is 3.39. The number of hydrogen-bond acceptors (Lipinski definition) is 6. The van der Waals surface area contributed by atoms with Gasteiger partial charge in [0.05, 0.1) is 11.1 Å². The van der Waals surface area contributed by atoms with E-state index in [2.05, 4.69) is 9.97 Å². The van der Waals surface area contributed by atoms with Crippen LogP contribution >= 0.6 is 11.3 Å². The van der Waals surface area contributed by atoms with Crippen LogP contribution in [0.1, 0.15) is 21.7 Å². The summed E-state index contributed by atoms with van der Waals surface area (Å²) >= 11 is 1.32. The van der Waals surface area contributed by atoms with Crippen LogP contribution in [0.25, 0.3) is 10.2 Å². The number of rotatable bonds is 6. The number of nitrogens with one attached hydrogen (secondary N) is 1. The van der Waals surface area contributed by atoms with Crippen molar-refractivity contribution in [2.75, 3.05) is 0 Å². The SMILES string of the molecule is O=C(OCc1nc2ccsc2c(=O)[nH]1)c1cccc(OCc2ccccc2)c1. The molecule has 2 aromatic heterocycles. The smallest absolute Gasteiger partial charge is 0.338 e. The molecule has 0 fully saturated rings. The summed E-state index contributed by atoms with van der Waals surface area (Å²) in [5, 5.41) is 1.80. The molecule has 6 nitrogen and oxygen atoms in total. The summed E-state index contributed by atoms with van der Waals surface area (Å²) in [5.41, 5.74) is 1.76. The van der Waals surface area contributed by atoms with E-state index in [1.807, 2.05) is 30.3 Å². The predicted molar refractivity (Wildman–Crippen MR) is 107 cm³/mol. The van der Waals surface area contributed by atoms with Crippen molar-refractivity contribution in [3.05, 3.63) is 93.3 Å². The second-order valence-electron chi connectivity index (χ2n) is 6.03. The molecule has 2 heterocycles. The summed E-state index contributed by atoms with van der Waals surface area (Å²) < 4.78 is 11.6. The van der Waals surface area contributed by atoms with Crippen LogP contribution in [0.3, 0.4) is 0 Å². The second-order valence-corrected chi connectivity index (χ2v) is 6.94. The lowest BCUT2D eigenvalue weighted by Gasteiger charge is -2.08. The first-order chi connectivity index (χ1) is 13.7. The number of carbonyl (C=O) groups excluding carboxylic acids is 1. The summed E-state index contributed by atoms with van der Waals surface area (Å²) in [4.78, 5) is 31.2. The third-order valence-corrected chi connectivity index (χ3v) is 4.92.